The van der Waals surface area contributed by atoms with Crippen LogP contribution in [0, 0.1) is 0 Å². The monoisotopic (exact) mass is 309 g/mol. The van der Waals surface area contributed by atoms with Gasteiger partial charge in [0.1, 0.15) is 0 Å². The van der Waals surface area contributed by atoms with Crippen molar-refractivity contribution in [2.45, 2.75) is 0 Å². The first-order valence-corrected chi connectivity index (χ1v) is 8.08. The fraction of sp³-hybridized carbons (Fsp3) is 0. The van der Waals surface area contributed by atoms with Gasteiger partial charge in [-0.3, -0.25) is 0 Å². The van der Waals surface area contributed by atoms with E-state index in [0.29, 0.717) is 14.5 Å². The van der Waals surface area contributed by atoms with Crippen LogP contribution >= 0.6 is 0 Å². The minimum atomic E-state index is 0.392. The van der Waals surface area contributed by atoms with Gasteiger partial charge in [-0.1, -0.05) is 0 Å². The third-order valence-electron chi connectivity index (χ3n) is 3.42. The molecule has 0 unspecified atom stereocenters. The summed E-state index contributed by atoms with van der Waals surface area (Å²) in [6.45, 7) is 0. The molecule has 0 saturated carbocycles. The van der Waals surface area contributed by atoms with E-state index in [1.807, 2.05) is 0 Å². The summed E-state index contributed by atoms with van der Waals surface area (Å²) in [5.41, 5.74) is 3.70. The Labute approximate surface area is 117 Å². The Balaban J connectivity index is 1.99. The molecule has 0 fully saturated rings. The SMILES string of the molecule is c1ccc(-c2ccc3c(ccc4nc[se]c43)c2)cc1. The van der Waals surface area contributed by atoms with Gasteiger partial charge >= 0.3 is 117 Å². The molecule has 1 aromatic heterocycles. The van der Waals surface area contributed by atoms with E-state index in [1.54, 1.807) is 0 Å². The summed E-state index contributed by atoms with van der Waals surface area (Å²) >= 11 is 0.392. The fourth-order valence-electron chi connectivity index (χ4n) is 2.46. The van der Waals surface area contributed by atoms with Gasteiger partial charge in [0.15, 0.2) is 0 Å². The van der Waals surface area contributed by atoms with E-state index in [2.05, 4.69) is 70.7 Å². The van der Waals surface area contributed by atoms with Crippen LogP contribution in [0.4, 0.5) is 0 Å². The van der Waals surface area contributed by atoms with Crippen LogP contribution in [0.3, 0.4) is 0 Å². The Bertz CT molecular complexity index is 862. The molecule has 0 amide bonds. The van der Waals surface area contributed by atoms with Crippen LogP contribution in [-0.2, 0) is 0 Å². The summed E-state index contributed by atoms with van der Waals surface area (Å²) in [5, 5.41) is 4.73. The average molecular weight is 308 g/mol. The van der Waals surface area contributed by atoms with E-state index in [1.165, 1.54) is 26.2 Å². The van der Waals surface area contributed by atoms with Crippen LogP contribution in [0.2, 0.25) is 0 Å². The zero-order chi connectivity index (χ0) is 12.7. The second-order valence-corrected chi connectivity index (χ2v) is 6.36. The number of aromatic nitrogens is 1. The molecular formula is C17H11NSe. The van der Waals surface area contributed by atoms with Crippen LogP contribution in [0.15, 0.2) is 65.7 Å². The molecule has 2 heteroatoms. The first-order chi connectivity index (χ1) is 9.42. The Kier molecular flexibility index (Phi) is 2.51. The third-order valence-corrected chi connectivity index (χ3v) is 5.26. The van der Waals surface area contributed by atoms with Crippen LogP contribution in [-0.4, -0.2) is 19.5 Å². The average Bonchev–Trinajstić information content (AvgIpc) is 2.96. The number of fused-ring (bicyclic) bond motifs is 3. The Hall–Kier alpha value is -1.89. The molecule has 0 atom stereocenters. The normalized spacial score (nSPS) is 11.2. The summed E-state index contributed by atoms with van der Waals surface area (Å²) in [4.78, 5) is 4.43. The molecule has 0 N–H and O–H groups in total. The van der Waals surface area contributed by atoms with E-state index >= 15 is 0 Å². The third kappa shape index (κ3) is 1.81. The van der Waals surface area contributed by atoms with Crippen molar-refractivity contribution in [2.24, 2.45) is 0 Å². The molecule has 4 aromatic rings. The molecule has 0 radical (unpaired) electrons. The molecule has 0 spiro atoms. The van der Waals surface area contributed by atoms with Crippen molar-refractivity contribution < 1.29 is 0 Å². The quantitative estimate of drug-likeness (QED) is 0.482. The zero-order valence-electron chi connectivity index (χ0n) is 10.2. The standard InChI is InChI=1S/C17H11NSe/c1-2-4-12(5-3-1)13-6-8-15-14(10-13)7-9-16-17(15)19-11-18-16/h1-11H. The molecule has 4 rings (SSSR count). The van der Waals surface area contributed by atoms with Crippen molar-refractivity contribution in [2.75, 3.05) is 0 Å². The van der Waals surface area contributed by atoms with Gasteiger partial charge in [0, 0.05) is 0 Å². The summed E-state index contributed by atoms with van der Waals surface area (Å²) in [6, 6.07) is 21.6. The summed E-state index contributed by atoms with van der Waals surface area (Å²) in [7, 11) is 0. The fourth-order valence-corrected chi connectivity index (χ4v) is 4.19. The molecule has 90 valence electrons. The maximum atomic E-state index is 4.43. The molecule has 0 saturated heterocycles. The van der Waals surface area contributed by atoms with E-state index in [-0.39, 0.29) is 0 Å². The number of nitrogens with zero attached hydrogens (tertiary/aromatic N) is 1. The first kappa shape index (κ1) is 11.0. The van der Waals surface area contributed by atoms with Crippen LogP contribution < -0.4 is 0 Å². The van der Waals surface area contributed by atoms with Gasteiger partial charge in [-0.2, -0.15) is 0 Å². The van der Waals surface area contributed by atoms with Gasteiger partial charge in [-0.05, 0) is 0 Å². The van der Waals surface area contributed by atoms with Crippen molar-refractivity contribution in [1.29, 1.82) is 0 Å². The predicted octanol–water partition coefficient (Wildman–Crippen LogP) is 4.11. The van der Waals surface area contributed by atoms with Crippen LogP contribution in [0.5, 0.6) is 0 Å². The molecule has 1 heterocycles. The van der Waals surface area contributed by atoms with Crippen molar-refractivity contribution in [1.82, 2.24) is 4.98 Å². The van der Waals surface area contributed by atoms with Gasteiger partial charge in [0.25, 0.3) is 0 Å². The minimum absolute atomic E-state index is 0.392. The van der Waals surface area contributed by atoms with E-state index in [0.717, 1.165) is 5.52 Å². The second-order valence-electron chi connectivity index (χ2n) is 4.57. The van der Waals surface area contributed by atoms with E-state index < -0.39 is 0 Å². The topological polar surface area (TPSA) is 12.9 Å². The number of hydrogen-bond acceptors (Lipinski definition) is 1. The van der Waals surface area contributed by atoms with Gasteiger partial charge in [0.05, 0.1) is 0 Å². The number of rotatable bonds is 1. The van der Waals surface area contributed by atoms with Crippen molar-refractivity contribution in [3.8, 4) is 11.1 Å². The maximum absolute atomic E-state index is 4.43. The molecule has 19 heavy (non-hydrogen) atoms. The molecule has 0 bridgehead atoms. The van der Waals surface area contributed by atoms with E-state index in [9.17, 15) is 0 Å². The van der Waals surface area contributed by atoms with Crippen molar-refractivity contribution >= 4 is 35.1 Å². The van der Waals surface area contributed by atoms with Crippen LogP contribution in [0.25, 0.3) is 31.7 Å². The van der Waals surface area contributed by atoms with Gasteiger partial charge in [0.2, 0.25) is 0 Å². The molecule has 1 nitrogen and oxygen atoms in total. The van der Waals surface area contributed by atoms with Crippen LogP contribution in [0.1, 0.15) is 0 Å². The summed E-state index contributed by atoms with van der Waals surface area (Å²) < 4.78 is 1.42. The van der Waals surface area contributed by atoms with Gasteiger partial charge < -0.3 is 0 Å². The molecule has 3 aromatic carbocycles. The van der Waals surface area contributed by atoms with Gasteiger partial charge in [-0.15, -0.1) is 0 Å². The molecule has 0 aliphatic rings. The van der Waals surface area contributed by atoms with E-state index in [4.69, 9.17) is 0 Å². The molecule has 0 aliphatic carbocycles. The van der Waals surface area contributed by atoms with Crippen molar-refractivity contribution in [3.63, 3.8) is 0 Å². The Morgan fingerprint density at radius 1 is 0.789 bits per heavy atom. The van der Waals surface area contributed by atoms with Gasteiger partial charge in [-0.25, -0.2) is 0 Å². The van der Waals surface area contributed by atoms with Crippen molar-refractivity contribution in [3.05, 3.63) is 65.7 Å². The Morgan fingerprint density at radius 3 is 2.58 bits per heavy atom. The number of benzene rings is 3. The molecular weight excluding hydrogens is 297 g/mol. The second kappa shape index (κ2) is 4.34. The Morgan fingerprint density at radius 2 is 1.68 bits per heavy atom. The number of hydrogen-bond donors (Lipinski definition) is 0. The predicted molar refractivity (Wildman–Crippen MR) is 81.6 cm³/mol. The molecule has 0 aliphatic heterocycles. The zero-order valence-corrected chi connectivity index (χ0v) is 11.9. The summed E-state index contributed by atoms with van der Waals surface area (Å²) in [5.74, 6) is 0. The summed E-state index contributed by atoms with van der Waals surface area (Å²) in [6.07, 6.45) is 0. The first-order valence-electron chi connectivity index (χ1n) is 6.23.